The van der Waals surface area contributed by atoms with Crippen molar-refractivity contribution in [2.45, 2.75) is 16.5 Å². The van der Waals surface area contributed by atoms with Crippen molar-refractivity contribution in [3.63, 3.8) is 0 Å². The van der Waals surface area contributed by atoms with E-state index in [1.807, 2.05) is 42.5 Å². The van der Waals surface area contributed by atoms with Crippen LogP contribution in [-0.4, -0.2) is 21.1 Å². The Morgan fingerprint density at radius 2 is 1.93 bits per heavy atom. The quantitative estimate of drug-likeness (QED) is 0.337. The first-order valence-corrected chi connectivity index (χ1v) is 10.7. The van der Waals surface area contributed by atoms with Crippen LogP contribution in [0.2, 0.25) is 0 Å². The zero-order valence-corrected chi connectivity index (χ0v) is 17.2. The lowest BCUT2D eigenvalue weighted by Crippen LogP contribution is -2.14. The Morgan fingerprint density at radius 1 is 1.13 bits per heavy atom. The summed E-state index contributed by atoms with van der Waals surface area (Å²) < 4.78 is 6.21. The highest BCUT2D eigenvalue weighted by Gasteiger charge is 2.13. The third-order valence-electron chi connectivity index (χ3n) is 4.01. The van der Waals surface area contributed by atoms with Crippen LogP contribution in [0.5, 0.6) is 0 Å². The van der Waals surface area contributed by atoms with Crippen LogP contribution >= 0.6 is 23.1 Å². The highest BCUT2D eigenvalue weighted by Crippen LogP contribution is 2.28. The summed E-state index contributed by atoms with van der Waals surface area (Å²) in [6, 6.07) is 19.0. The molecule has 0 saturated heterocycles. The maximum absolute atomic E-state index is 12.3. The van der Waals surface area contributed by atoms with E-state index in [-0.39, 0.29) is 12.3 Å². The van der Waals surface area contributed by atoms with Crippen molar-refractivity contribution < 1.29 is 9.21 Å². The third-order valence-corrected chi connectivity index (χ3v) is 6.06. The molecule has 0 unspecified atom stereocenters. The Balaban J connectivity index is 1.29. The van der Waals surface area contributed by atoms with Crippen LogP contribution in [0, 0.1) is 11.3 Å². The molecule has 1 N–H and O–H groups in total. The standard InChI is InChI=1S/C21H15N5O2S2/c22-11-14-6-8-15(9-7-14)13-29-21-26-25-20(30-21)24-18(27)10-17-12-28-19(23-17)16-4-2-1-3-5-16/h1-9,12H,10,13H2,(H,24,25,27). The third kappa shape index (κ3) is 5.11. The molecule has 4 rings (SSSR count). The SMILES string of the molecule is N#Cc1ccc(CSc2nnc(NC(=O)Cc3coc(-c4ccccc4)n3)s2)cc1. The summed E-state index contributed by atoms with van der Waals surface area (Å²) in [5.74, 6) is 0.952. The normalized spacial score (nSPS) is 10.5. The summed E-state index contributed by atoms with van der Waals surface area (Å²) in [6.45, 7) is 0. The monoisotopic (exact) mass is 433 g/mol. The van der Waals surface area contributed by atoms with E-state index in [1.165, 1.54) is 29.4 Å². The van der Waals surface area contributed by atoms with E-state index in [1.54, 1.807) is 12.1 Å². The van der Waals surface area contributed by atoms with Gasteiger partial charge in [-0.05, 0) is 29.8 Å². The Hall–Kier alpha value is -3.48. The number of thioether (sulfide) groups is 1. The number of rotatable bonds is 7. The number of hydrogen-bond acceptors (Lipinski definition) is 8. The molecule has 30 heavy (non-hydrogen) atoms. The second-order valence-electron chi connectivity index (χ2n) is 6.21. The molecule has 0 aliphatic carbocycles. The van der Waals surface area contributed by atoms with Crippen molar-refractivity contribution in [1.82, 2.24) is 15.2 Å². The summed E-state index contributed by atoms with van der Waals surface area (Å²) in [7, 11) is 0. The van der Waals surface area contributed by atoms with E-state index in [2.05, 4.69) is 26.6 Å². The fourth-order valence-electron chi connectivity index (χ4n) is 2.57. The molecular formula is C21H15N5O2S2. The second-order valence-corrected chi connectivity index (χ2v) is 8.41. The minimum atomic E-state index is -0.234. The van der Waals surface area contributed by atoms with Gasteiger partial charge in [0.1, 0.15) is 6.26 Å². The summed E-state index contributed by atoms with van der Waals surface area (Å²) in [4.78, 5) is 16.6. The molecule has 0 saturated carbocycles. The van der Waals surface area contributed by atoms with Crippen molar-refractivity contribution >= 4 is 34.1 Å². The molecule has 0 bridgehead atoms. The summed E-state index contributed by atoms with van der Waals surface area (Å²) in [6.07, 6.45) is 1.57. The first-order valence-electron chi connectivity index (χ1n) is 8.94. The maximum atomic E-state index is 12.3. The minimum absolute atomic E-state index is 0.0869. The van der Waals surface area contributed by atoms with Gasteiger partial charge in [-0.15, -0.1) is 10.2 Å². The van der Waals surface area contributed by atoms with Crippen LogP contribution in [0.3, 0.4) is 0 Å². The number of carbonyl (C=O) groups is 1. The van der Waals surface area contributed by atoms with E-state index in [4.69, 9.17) is 9.68 Å². The number of nitrogens with zero attached hydrogens (tertiary/aromatic N) is 4. The second kappa shape index (κ2) is 9.35. The molecule has 1 amide bonds. The first-order chi connectivity index (χ1) is 14.7. The van der Waals surface area contributed by atoms with Gasteiger partial charge in [0.05, 0.1) is 23.7 Å². The summed E-state index contributed by atoms with van der Waals surface area (Å²) in [5, 5.41) is 20.1. The summed E-state index contributed by atoms with van der Waals surface area (Å²) in [5.41, 5.74) is 3.12. The number of amides is 1. The van der Waals surface area contributed by atoms with E-state index >= 15 is 0 Å². The number of aromatic nitrogens is 3. The maximum Gasteiger partial charge on any atom is 0.232 e. The average molecular weight is 434 g/mol. The van der Waals surface area contributed by atoms with Gasteiger partial charge in [-0.25, -0.2) is 4.98 Å². The highest BCUT2D eigenvalue weighted by atomic mass is 32.2. The topological polar surface area (TPSA) is 105 Å². The van der Waals surface area contributed by atoms with Gasteiger partial charge in [-0.2, -0.15) is 5.26 Å². The molecule has 0 aliphatic rings. The van der Waals surface area contributed by atoms with Crippen LogP contribution in [0.4, 0.5) is 5.13 Å². The molecule has 2 heterocycles. The van der Waals surface area contributed by atoms with Crippen LogP contribution in [0.25, 0.3) is 11.5 Å². The first kappa shape index (κ1) is 19.8. The van der Waals surface area contributed by atoms with E-state index < -0.39 is 0 Å². The average Bonchev–Trinajstić information content (AvgIpc) is 3.43. The fraction of sp³-hybridized carbons (Fsp3) is 0.0952. The summed E-state index contributed by atoms with van der Waals surface area (Å²) >= 11 is 2.84. The molecule has 0 aliphatic heterocycles. The Morgan fingerprint density at radius 3 is 2.70 bits per heavy atom. The van der Waals surface area contributed by atoms with Gasteiger partial charge in [-0.3, -0.25) is 4.79 Å². The minimum Gasteiger partial charge on any atom is -0.444 e. The number of nitrogens with one attached hydrogen (secondary N) is 1. The number of benzene rings is 2. The van der Waals surface area contributed by atoms with Crippen molar-refractivity contribution in [1.29, 1.82) is 5.26 Å². The Bertz CT molecular complexity index is 1180. The molecule has 2 aromatic heterocycles. The lowest BCUT2D eigenvalue weighted by molar-refractivity contribution is -0.115. The van der Waals surface area contributed by atoms with Crippen molar-refractivity contribution in [2.75, 3.05) is 5.32 Å². The number of oxazole rings is 1. The molecule has 0 radical (unpaired) electrons. The van der Waals surface area contributed by atoms with Gasteiger partial charge in [0.25, 0.3) is 0 Å². The van der Waals surface area contributed by atoms with Gasteiger partial charge >= 0.3 is 0 Å². The van der Waals surface area contributed by atoms with Crippen LogP contribution in [0.15, 0.2) is 69.6 Å². The highest BCUT2D eigenvalue weighted by molar-refractivity contribution is 8.00. The Labute approximate surface area is 180 Å². The largest absolute Gasteiger partial charge is 0.444 e. The zero-order chi connectivity index (χ0) is 20.8. The van der Waals surface area contributed by atoms with Crippen molar-refractivity contribution in [3.8, 4) is 17.5 Å². The fourth-order valence-corrected chi connectivity index (χ4v) is 4.29. The zero-order valence-electron chi connectivity index (χ0n) is 15.6. The van der Waals surface area contributed by atoms with Crippen LogP contribution < -0.4 is 5.32 Å². The number of carbonyl (C=O) groups excluding carboxylic acids is 1. The van der Waals surface area contributed by atoms with E-state index in [0.29, 0.717) is 28.0 Å². The van der Waals surface area contributed by atoms with Crippen molar-refractivity contribution in [3.05, 3.63) is 77.7 Å². The Kier molecular flexibility index (Phi) is 6.17. The van der Waals surface area contributed by atoms with E-state index in [9.17, 15) is 4.79 Å². The number of anilines is 1. The van der Waals surface area contributed by atoms with Crippen LogP contribution in [0.1, 0.15) is 16.8 Å². The molecule has 2 aromatic carbocycles. The lowest BCUT2D eigenvalue weighted by atomic mass is 10.2. The number of hydrogen-bond donors (Lipinski definition) is 1. The van der Waals surface area contributed by atoms with Gasteiger partial charge in [-0.1, -0.05) is 53.4 Å². The molecule has 9 heteroatoms. The lowest BCUT2D eigenvalue weighted by Gasteiger charge is -1.99. The van der Waals surface area contributed by atoms with Gasteiger partial charge in [0, 0.05) is 11.3 Å². The predicted molar refractivity (Wildman–Crippen MR) is 115 cm³/mol. The molecule has 0 spiro atoms. The van der Waals surface area contributed by atoms with E-state index in [0.717, 1.165) is 15.5 Å². The van der Waals surface area contributed by atoms with Crippen LogP contribution in [-0.2, 0) is 17.0 Å². The molecule has 7 nitrogen and oxygen atoms in total. The van der Waals surface area contributed by atoms with Gasteiger partial charge in [0.2, 0.25) is 16.9 Å². The predicted octanol–water partition coefficient (Wildman–Crippen LogP) is 4.54. The molecule has 4 aromatic rings. The molecule has 0 atom stereocenters. The molecular weight excluding hydrogens is 418 g/mol. The van der Waals surface area contributed by atoms with Gasteiger partial charge in [0.15, 0.2) is 4.34 Å². The molecule has 0 fully saturated rings. The smallest absolute Gasteiger partial charge is 0.232 e. The van der Waals surface area contributed by atoms with Gasteiger partial charge < -0.3 is 9.73 Å². The van der Waals surface area contributed by atoms with Crippen molar-refractivity contribution in [2.24, 2.45) is 0 Å². The molecule has 148 valence electrons. The number of nitriles is 1.